The van der Waals surface area contributed by atoms with Crippen LogP contribution in [0.1, 0.15) is 31.2 Å². The summed E-state index contributed by atoms with van der Waals surface area (Å²) in [6.45, 7) is 2.96. The third-order valence-corrected chi connectivity index (χ3v) is 6.30. The highest BCUT2D eigenvalue weighted by Gasteiger charge is 2.30. The van der Waals surface area contributed by atoms with Crippen LogP contribution in [0, 0.1) is 11.7 Å². The van der Waals surface area contributed by atoms with Crippen molar-refractivity contribution in [2.75, 3.05) is 31.1 Å². The summed E-state index contributed by atoms with van der Waals surface area (Å²) < 4.78 is 13.1. The third-order valence-electron chi connectivity index (χ3n) is 6.30. The van der Waals surface area contributed by atoms with E-state index < -0.39 is 0 Å². The molecule has 5 nitrogen and oxygen atoms in total. The molecule has 2 amide bonds. The molecule has 2 aromatic carbocycles. The number of carbonyl (C=O) groups excluding carboxylic acids is 2. The van der Waals surface area contributed by atoms with Gasteiger partial charge in [0.05, 0.1) is 12.3 Å². The standard InChI is InChI=1S/C25H30FN3O2/c26-21-12-10-19(11-13-21)16-24(30)29-15-4-6-20(17-29)25(31)27-22-7-5-14-28(18-22)23-8-2-1-3-9-23/h1-3,8-13,20,22H,4-7,14-18H2,(H,27,31). The molecule has 1 N–H and O–H groups in total. The maximum absolute atomic E-state index is 13.1. The van der Waals surface area contributed by atoms with Gasteiger partial charge in [0.2, 0.25) is 11.8 Å². The lowest BCUT2D eigenvalue weighted by molar-refractivity contribution is -0.135. The molecule has 0 aromatic heterocycles. The number of nitrogens with zero attached hydrogens (tertiary/aromatic N) is 2. The number of para-hydroxylation sites is 1. The molecule has 2 atom stereocenters. The van der Waals surface area contributed by atoms with Crippen molar-refractivity contribution < 1.29 is 14.0 Å². The van der Waals surface area contributed by atoms with Crippen molar-refractivity contribution in [3.8, 4) is 0 Å². The molecule has 4 rings (SSSR count). The first-order valence-corrected chi connectivity index (χ1v) is 11.2. The second-order valence-electron chi connectivity index (χ2n) is 8.61. The van der Waals surface area contributed by atoms with Crippen LogP contribution >= 0.6 is 0 Å². The number of nitrogens with one attached hydrogen (secondary N) is 1. The van der Waals surface area contributed by atoms with Gasteiger partial charge in [0.1, 0.15) is 5.82 Å². The van der Waals surface area contributed by atoms with Crippen LogP contribution in [-0.2, 0) is 16.0 Å². The number of hydrogen-bond acceptors (Lipinski definition) is 3. The van der Waals surface area contributed by atoms with E-state index in [1.165, 1.54) is 17.8 Å². The van der Waals surface area contributed by atoms with Crippen molar-refractivity contribution in [3.05, 3.63) is 66.0 Å². The first kappa shape index (κ1) is 21.3. The van der Waals surface area contributed by atoms with E-state index >= 15 is 0 Å². The van der Waals surface area contributed by atoms with E-state index in [9.17, 15) is 14.0 Å². The molecule has 2 fully saturated rings. The van der Waals surface area contributed by atoms with Gasteiger partial charge in [-0.2, -0.15) is 0 Å². The van der Waals surface area contributed by atoms with E-state index in [-0.39, 0.29) is 36.0 Å². The first-order chi connectivity index (χ1) is 15.1. The molecule has 2 unspecified atom stereocenters. The Morgan fingerprint density at radius 2 is 1.68 bits per heavy atom. The van der Waals surface area contributed by atoms with Gasteiger partial charge in [-0.05, 0) is 55.5 Å². The largest absolute Gasteiger partial charge is 0.369 e. The SMILES string of the molecule is O=C(NC1CCCN(c2ccccc2)C1)C1CCCN(C(=O)Cc2ccc(F)cc2)C1. The second kappa shape index (κ2) is 9.94. The van der Waals surface area contributed by atoms with E-state index in [0.717, 1.165) is 44.3 Å². The minimum absolute atomic E-state index is 0.00275. The lowest BCUT2D eigenvalue weighted by atomic mass is 9.95. The summed E-state index contributed by atoms with van der Waals surface area (Å²) in [5.41, 5.74) is 1.98. The van der Waals surface area contributed by atoms with Crippen LogP contribution in [0.4, 0.5) is 10.1 Å². The van der Waals surface area contributed by atoms with Crippen LogP contribution < -0.4 is 10.2 Å². The Morgan fingerprint density at radius 3 is 2.45 bits per heavy atom. The van der Waals surface area contributed by atoms with Gasteiger partial charge < -0.3 is 15.1 Å². The van der Waals surface area contributed by atoms with E-state index in [2.05, 4.69) is 22.3 Å². The monoisotopic (exact) mass is 423 g/mol. The first-order valence-electron chi connectivity index (χ1n) is 11.2. The smallest absolute Gasteiger partial charge is 0.227 e. The van der Waals surface area contributed by atoms with Crippen LogP contribution in [0.5, 0.6) is 0 Å². The highest BCUT2D eigenvalue weighted by atomic mass is 19.1. The highest BCUT2D eigenvalue weighted by molar-refractivity contribution is 5.82. The molecule has 2 aliphatic heterocycles. The fraction of sp³-hybridized carbons (Fsp3) is 0.440. The Labute approximate surface area is 183 Å². The highest BCUT2D eigenvalue weighted by Crippen LogP contribution is 2.22. The van der Waals surface area contributed by atoms with Crippen LogP contribution in [0.15, 0.2) is 54.6 Å². The second-order valence-corrected chi connectivity index (χ2v) is 8.61. The van der Waals surface area contributed by atoms with E-state index in [4.69, 9.17) is 0 Å². The Hall–Kier alpha value is -2.89. The summed E-state index contributed by atoms with van der Waals surface area (Å²) in [6, 6.07) is 16.5. The van der Waals surface area contributed by atoms with Crippen LogP contribution in [0.2, 0.25) is 0 Å². The molecular weight excluding hydrogens is 393 g/mol. The zero-order valence-electron chi connectivity index (χ0n) is 17.8. The van der Waals surface area contributed by atoms with Crippen molar-refractivity contribution in [1.82, 2.24) is 10.2 Å². The van der Waals surface area contributed by atoms with Crippen molar-refractivity contribution in [3.63, 3.8) is 0 Å². The lowest BCUT2D eigenvalue weighted by Crippen LogP contribution is -2.52. The molecule has 164 valence electrons. The molecule has 0 bridgehead atoms. The molecule has 0 aliphatic carbocycles. The van der Waals surface area contributed by atoms with Crippen molar-refractivity contribution in [1.29, 1.82) is 0 Å². The third kappa shape index (κ3) is 5.63. The summed E-state index contributed by atoms with van der Waals surface area (Å²) in [7, 11) is 0. The topological polar surface area (TPSA) is 52.7 Å². The fourth-order valence-corrected chi connectivity index (χ4v) is 4.59. The minimum atomic E-state index is -0.306. The zero-order valence-corrected chi connectivity index (χ0v) is 17.8. The minimum Gasteiger partial charge on any atom is -0.369 e. The van der Waals surface area contributed by atoms with Gasteiger partial charge >= 0.3 is 0 Å². The quantitative estimate of drug-likeness (QED) is 0.802. The van der Waals surface area contributed by atoms with Gasteiger partial charge in [-0.1, -0.05) is 30.3 Å². The molecule has 6 heteroatoms. The van der Waals surface area contributed by atoms with Gasteiger partial charge in [0.25, 0.3) is 0 Å². The van der Waals surface area contributed by atoms with Gasteiger partial charge in [-0.3, -0.25) is 9.59 Å². The maximum atomic E-state index is 13.1. The Morgan fingerprint density at radius 1 is 0.935 bits per heavy atom. The van der Waals surface area contributed by atoms with Crippen LogP contribution in [0.25, 0.3) is 0 Å². The molecule has 2 heterocycles. The summed E-state index contributed by atoms with van der Waals surface area (Å²) in [5, 5.41) is 3.24. The molecule has 0 spiro atoms. The Kier molecular flexibility index (Phi) is 6.85. The van der Waals surface area contributed by atoms with Crippen molar-refractivity contribution >= 4 is 17.5 Å². The number of halogens is 1. The Balaban J connectivity index is 1.30. The number of hydrogen-bond donors (Lipinski definition) is 1. The molecular formula is C25H30FN3O2. The van der Waals surface area contributed by atoms with Crippen LogP contribution in [0.3, 0.4) is 0 Å². The number of rotatable bonds is 5. The van der Waals surface area contributed by atoms with E-state index in [0.29, 0.717) is 13.1 Å². The van der Waals surface area contributed by atoms with Gasteiger partial charge in [-0.15, -0.1) is 0 Å². The summed E-state index contributed by atoms with van der Waals surface area (Å²) >= 11 is 0. The van der Waals surface area contributed by atoms with Gasteiger partial charge in [0.15, 0.2) is 0 Å². The van der Waals surface area contributed by atoms with Crippen LogP contribution in [-0.4, -0.2) is 48.9 Å². The zero-order chi connectivity index (χ0) is 21.6. The fourth-order valence-electron chi connectivity index (χ4n) is 4.59. The summed E-state index contributed by atoms with van der Waals surface area (Å²) in [4.78, 5) is 29.8. The molecule has 2 saturated heterocycles. The van der Waals surface area contributed by atoms with Crippen molar-refractivity contribution in [2.24, 2.45) is 5.92 Å². The number of benzene rings is 2. The average molecular weight is 424 g/mol. The maximum Gasteiger partial charge on any atom is 0.227 e. The predicted molar refractivity (Wildman–Crippen MR) is 119 cm³/mol. The molecule has 0 saturated carbocycles. The molecule has 31 heavy (non-hydrogen) atoms. The number of piperidine rings is 2. The number of carbonyl (C=O) groups is 2. The van der Waals surface area contributed by atoms with E-state index in [1.54, 1.807) is 17.0 Å². The number of likely N-dealkylation sites (tertiary alicyclic amines) is 1. The average Bonchev–Trinajstić information content (AvgIpc) is 2.81. The van der Waals surface area contributed by atoms with Gasteiger partial charge in [-0.25, -0.2) is 4.39 Å². The molecule has 2 aliphatic rings. The van der Waals surface area contributed by atoms with Crippen molar-refractivity contribution in [2.45, 2.75) is 38.1 Å². The molecule has 2 aromatic rings. The molecule has 0 radical (unpaired) electrons. The Bertz CT molecular complexity index is 887. The van der Waals surface area contributed by atoms with E-state index in [1.807, 2.05) is 18.2 Å². The normalized spacial score (nSPS) is 21.6. The lowest BCUT2D eigenvalue weighted by Gasteiger charge is -2.37. The predicted octanol–water partition coefficient (Wildman–Crippen LogP) is 3.39. The number of anilines is 1. The summed E-state index contributed by atoms with van der Waals surface area (Å²) in [6.07, 6.45) is 3.90. The van der Waals surface area contributed by atoms with Gasteiger partial charge in [0, 0.05) is 37.9 Å². The summed E-state index contributed by atoms with van der Waals surface area (Å²) in [5.74, 6) is -0.423. The number of amides is 2.